The third kappa shape index (κ3) is 6.93. The van der Waals surface area contributed by atoms with E-state index in [1.54, 1.807) is 22.9 Å². The first-order chi connectivity index (χ1) is 25.1. The van der Waals surface area contributed by atoms with Crippen LogP contribution in [0.1, 0.15) is 29.8 Å². The quantitative estimate of drug-likeness (QED) is 0.0440. The Morgan fingerprint density at radius 1 is 1.29 bits per heavy atom. The molecule has 52 heavy (non-hydrogen) atoms. The van der Waals surface area contributed by atoms with E-state index in [2.05, 4.69) is 30.5 Å². The number of carbonyl (C=O) groups is 3. The van der Waals surface area contributed by atoms with Crippen molar-refractivity contribution in [1.82, 2.24) is 34.8 Å². The van der Waals surface area contributed by atoms with E-state index < -0.39 is 35.0 Å². The highest BCUT2D eigenvalue weighted by Gasteiger charge is 2.53. The van der Waals surface area contributed by atoms with Gasteiger partial charge in [0.05, 0.1) is 18.2 Å². The molecule has 3 aliphatic heterocycles. The summed E-state index contributed by atoms with van der Waals surface area (Å²) in [4.78, 5) is 48.6. The fourth-order valence-corrected chi connectivity index (χ4v) is 8.28. The fraction of sp³-hybridized carbons (Fsp3) is 0.333. The number of piperidine rings is 1. The molecule has 1 unspecified atom stereocenters. The third-order valence-corrected chi connectivity index (χ3v) is 10.9. The van der Waals surface area contributed by atoms with Crippen LogP contribution in [0.3, 0.4) is 0 Å². The number of nitrogens with two attached hydrogens (primary N) is 1. The number of anilines is 1. The number of carboxylic acids is 1. The molecular formula is C33H34FN11O5S2. The van der Waals surface area contributed by atoms with Gasteiger partial charge in [0.15, 0.2) is 24.1 Å². The van der Waals surface area contributed by atoms with Gasteiger partial charge in [-0.05, 0) is 31.5 Å². The third-order valence-electron chi connectivity index (χ3n) is 9.05. The van der Waals surface area contributed by atoms with Crippen LogP contribution in [0.4, 0.5) is 9.52 Å². The summed E-state index contributed by atoms with van der Waals surface area (Å²) in [6, 6.07) is 7.69. The van der Waals surface area contributed by atoms with Crippen LogP contribution in [-0.4, -0.2) is 91.6 Å². The first kappa shape index (κ1) is 35.0. The van der Waals surface area contributed by atoms with Crippen molar-refractivity contribution in [3.63, 3.8) is 0 Å². The molecule has 6 N–H and O–H groups in total. The minimum Gasteiger partial charge on any atom is -0.543 e. The fourth-order valence-electron chi connectivity index (χ4n) is 6.51. The van der Waals surface area contributed by atoms with Gasteiger partial charge in [-0.25, -0.2) is 4.39 Å². The van der Waals surface area contributed by atoms with Gasteiger partial charge in [0.1, 0.15) is 35.7 Å². The number of nitrogen functional groups attached to an aromatic ring is 1. The number of hydrogen-bond donors (Lipinski definition) is 5. The second kappa shape index (κ2) is 14.7. The lowest BCUT2D eigenvalue weighted by Crippen LogP contribution is -2.71. The molecule has 2 saturated heterocycles. The topological polar surface area (TPSA) is 220 Å². The van der Waals surface area contributed by atoms with E-state index in [1.165, 1.54) is 24.9 Å². The molecule has 16 nitrogen and oxygen atoms in total. The lowest BCUT2D eigenvalue weighted by atomic mass is 10.0. The Kier molecular flexibility index (Phi) is 9.89. The standard InChI is InChI=1S/C33H34FN11O5S2/c1-50-41-24(28-40-33(36)52-42-28)29(46)39-25-30(47)45-26(32(48)49)20(16-51-31(25)45)13-43-9-6-17-7-10-44(23(17)15-43)14-19-5-4-18(11-22(19)34)27(35)38-21-3-2-8-37-12-21/h4-7,9-11,15,21,25,31,37H,2-3,8,12-14,16H2,1H3,(H5-,35,36,38,39,40,42,46,48,49)/b41-24-/t21?,25-,31-/m1/s1. The van der Waals surface area contributed by atoms with Gasteiger partial charge in [0.2, 0.25) is 11.5 Å². The van der Waals surface area contributed by atoms with Crippen molar-refractivity contribution in [3.05, 3.63) is 83.0 Å². The number of nitrogens with one attached hydrogen (secondary N) is 4. The number of hydrogen-bond acceptors (Lipinski definition) is 13. The molecule has 2 amide bonds. The van der Waals surface area contributed by atoms with Crippen LogP contribution in [0.15, 0.2) is 65.3 Å². The average molecular weight is 748 g/mol. The normalized spacial score (nSPS) is 20.3. The molecule has 0 spiro atoms. The highest BCUT2D eigenvalue weighted by Crippen LogP contribution is 2.40. The van der Waals surface area contributed by atoms with Gasteiger partial charge in [-0.2, -0.15) is 13.9 Å². The highest BCUT2D eigenvalue weighted by molar-refractivity contribution is 8.00. The number of rotatable bonds is 11. The number of carboxylic acid groups (broad SMARTS) is 1. The van der Waals surface area contributed by atoms with Crippen LogP contribution < -0.4 is 31.4 Å². The second-order valence-corrected chi connectivity index (χ2v) is 14.3. The number of nitrogens with zero attached hydrogens (tertiary/aromatic N) is 6. The molecule has 6 heterocycles. The molecule has 3 atom stereocenters. The Hall–Kier alpha value is -5.40. The summed E-state index contributed by atoms with van der Waals surface area (Å²) < 4.78 is 23.0. The Morgan fingerprint density at radius 2 is 2.13 bits per heavy atom. The molecule has 4 aromatic rings. The Labute approximate surface area is 304 Å². The van der Waals surface area contributed by atoms with E-state index in [9.17, 15) is 19.5 Å². The molecule has 2 fully saturated rings. The molecule has 7 rings (SSSR count). The van der Waals surface area contributed by atoms with Gasteiger partial charge >= 0.3 is 0 Å². The first-order valence-electron chi connectivity index (χ1n) is 16.3. The molecule has 0 aliphatic carbocycles. The number of amides is 2. The zero-order valence-corrected chi connectivity index (χ0v) is 29.4. The van der Waals surface area contributed by atoms with Crippen molar-refractivity contribution in [3.8, 4) is 0 Å². The van der Waals surface area contributed by atoms with Gasteiger partial charge in [0.25, 0.3) is 11.8 Å². The number of aliphatic carboxylic acids is 1. The van der Waals surface area contributed by atoms with E-state index in [1.807, 2.05) is 29.1 Å². The number of benzene rings is 1. The first-order valence-corrected chi connectivity index (χ1v) is 18.2. The lowest BCUT2D eigenvalue weighted by Gasteiger charge is -2.50. The average Bonchev–Trinajstić information content (AvgIpc) is 3.75. The lowest BCUT2D eigenvalue weighted by molar-refractivity contribution is -0.687. The molecule has 1 aromatic carbocycles. The minimum absolute atomic E-state index is 0.0697. The number of halogens is 1. The van der Waals surface area contributed by atoms with Gasteiger partial charge in [-0.3, -0.25) is 19.9 Å². The maximum Gasteiger partial charge on any atom is 0.278 e. The van der Waals surface area contributed by atoms with Crippen LogP contribution in [0, 0.1) is 11.2 Å². The van der Waals surface area contributed by atoms with Crippen LogP contribution in [0.2, 0.25) is 0 Å². The number of β-lactam (4-membered cyclic amide) rings is 1. The van der Waals surface area contributed by atoms with Crippen molar-refractivity contribution in [2.75, 3.05) is 31.7 Å². The second-order valence-electron chi connectivity index (χ2n) is 12.4. The van der Waals surface area contributed by atoms with Crippen molar-refractivity contribution in [2.45, 2.75) is 43.4 Å². The molecule has 3 aromatic heterocycles. The Morgan fingerprint density at radius 3 is 2.85 bits per heavy atom. The zero-order valence-electron chi connectivity index (χ0n) is 27.8. The molecule has 19 heteroatoms. The predicted octanol–water partition coefficient (Wildman–Crippen LogP) is -0.329. The number of thioether (sulfide) groups is 1. The van der Waals surface area contributed by atoms with E-state index in [-0.39, 0.29) is 53.1 Å². The number of fused-ring (bicyclic) bond motifs is 2. The Bertz CT molecular complexity index is 2140. The summed E-state index contributed by atoms with van der Waals surface area (Å²) in [7, 11) is 1.24. The highest BCUT2D eigenvalue weighted by atomic mass is 32.2. The maximum atomic E-state index is 15.3. The Balaban J connectivity index is 1.05. The van der Waals surface area contributed by atoms with Gasteiger partial charge in [-0.15, -0.1) is 11.8 Å². The van der Waals surface area contributed by atoms with Crippen LogP contribution in [0.5, 0.6) is 0 Å². The van der Waals surface area contributed by atoms with Gasteiger partial charge in [0, 0.05) is 64.2 Å². The smallest absolute Gasteiger partial charge is 0.278 e. The summed E-state index contributed by atoms with van der Waals surface area (Å²) >= 11 is 2.16. The summed E-state index contributed by atoms with van der Waals surface area (Å²) in [5.74, 6) is -2.97. The van der Waals surface area contributed by atoms with Gasteiger partial charge < -0.3 is 41.0 Å². The number of aromatic nitrogens is 4. The zero-order chi connectivity index (χ0) is 36.5. The molecule has 0 bridgehead atoms. The summed E-state index contributed by atoms with van der Waals surface area (Å²) in [5, 5.41) is 33.9. The van der Waals surface area contributed by atoms with Crippen LogP contribution in [0.25, 0.3) is 10.9 Å². The van der Waals surface area contributed by atoms with E-state index >= 15 is 4.39 Å². The molecule has 0 saturated carbocycles. The summed E-state index contributed by atoms with van der Waals surface area (Å²) in [5.41, 5.74) is 7.27. The van der Waals surface area contributed by atoms with Crippen molar-refractivity contribution in [2.24, 2.45) is 5.16 Å². The monoisotopic (exact) mass is 747 g/mol. The van der Waals surface area contributed by atoms with E-state index in [0.717, 1.165) is 53.3 Å². The molecule has 270 valence electrons. The predicted molar refractivity (Wildman–Crippen MR) is 188 cm³/mol. The number of carbonyl (C=O) groups excluding carboxylic acids is 3. The molecular weight excluding hydrogens is 714 g/mol. The van der Waals surface area contributed by atoms with Crippen LogP contribution in [-0.2, 0) is 32.3 Å². The van der Waals surface area contributed by atoms with Crippen LogP contribution >= 0.6 is 23.3 Å². The SMILES string of the molecule is CO/N=C(\C(=O)N[C@@H]1C(=O)N2C(C(=O)[O-])=C(C[n+]3ccc4ccn(Cc5ccc(C(=N)NC6CCCNC6)cc5F)c4c3)CS[C@H]12)c1nsc(N)n1. The number of oxime groups is 1. The summed E-state index contributed by atoms with van der Waals surface area (Å²) in [6.07, 6.45) is 7.47. The maximum absolute atomic E-state index is 15.3. The van der Waals surface area contributed by atoms with Crippen molar-refractivity contribution in [1.29, 1.82) is 5.41 Å². The molecule has 0 radical (unpaired) electrons. The number of pyridine rings is 1. The van der Waals surface area contributed by atoms with Crippen molar-refractivity contribution < 1.29 is 33.3 Å². The van der Waals surface area contributed by atoms with Crippen molar-refractivity contribution >= 4 is 68.7 Å². The minimum atomic E-state index is -1.51. The summed E-state index contributed by atoms with van der Waals surface area (Å²) in [6.45, 7) is 2.10. The van der Waals surface area contributed by atoms with E-state index in [0.29, 0.717) is 16.7 Å². The number of amidine groups is 1. The molecule has 3 aliphatic rings. The largest absolute Gasteiger partial charge is 0.543 e. The van der Waals surface area contributed by atoms with Gasteiger partial charge in [-0.1, -0.05) is 17.3 Å². The van der Waals surface area contributed by atoms with E-state index in [4.69, 9.17) is 16.0 Å².